The van der Waals surface area contributed by atoms with E-state index in [0.29, 0.717) is 25.5 Å². The van der Waals surface area contributed by atoms with Crippen LogP contribution in [-0.2, 0) is 4.74 Å². The van der Waals surface area contributed by atoms with E-state index >= 15 is 0 Å². The Hall–Kier alpha value is -1.68. The second-order valence-electron chi connectivity index (χ2n) is 3.61. The van der Waals surface area contributed by atoms with Gasteiger partial charge in [0.2, 0.25) is 0 Å². The van der Waals surface area contributed by atoms with Crippen molar-refractivity contribution in [3.8, 4) is 11.5 Å². The van der Waals surface area contributed by atoms with Crippen molar-refractivity contribution in [1.29, 1.82) is 0 Å². The fraction of sp³-hybridized carbons (Fsp3) is 0.385. The van der Waals surface area contributed by atoms with Crippen molar-refractivity contribution in [3.63, 3.8) is 0 Å². The number of rotatable bonds is 4. The third-order valence-corrected chi connectivity index (χ3v) is 2.33. The van der Waals surface area contributed by atoms with Gasteiger partial charge in [-0.1, -0.05) is 12.1 Å². The van der Waals surface area contributed by atoms with Gasteiger partial charge in [0.1, 0.15) is 18.6 Å². The summed E-state index contributed by atoms with van der Waals surface area (Å²) in [7, 11) is 0. The zero-order chi connectivity index (χ0) is 11.9. The van der Waals surface area contributed by atoms with E-state index in [9.17, 15) is 0 Å². The fourth-order valence-electron chi connectivity index (χ4n) is 1.54. The Kier molecular flexibility index (Phi) is 4.27. The molecule has 0 bridgehead atoms. The first-order valence-corrected chi connectivity index (χ1v) is 5.81. The van der Waals surface area contributed by atoms with Crippen LogP contribution in [0.15, 0.2) is 36.3 Å². The molecule has 1 aromatic carbocycles. The number of benzene rings is 1. The molecule has 1 aliphatic rings. The van der Waals surface area contributed by atoms with E-state index in [4.69, 9.17) is 14.2 Å². The zero-order valence-corrected chi connectivity index (χ0v) is 9.94. The summed E-state index contributed by atoms with van der Waals surface area (Å²) in [5.41, 5.74) is 0. The van der Waals surface area contributed by atoms with Crippen LogP contribution in [-0.4, -0.2) is 26.3 Å². The van der Waals surface area contributed by atoms with Crippen LogP contribution in [0.5, 0.6) is 11.5 Å². The summed E-state index contributed by atoms with van der Waals surface area (Å²) in [6, 6.07) is 7.59. The van der Waals surface area contributed by atoms with Crippen molar-refractivity contribution >= 4 is 0 Å². The average Bonchev–Trinajstić information content (AvgIpc) is 2.39. The number of ether oxygens (including phenoxy) is 3. The van der Waals surface area contributed by atoms with E-state index in [-0.39, 0.29) is 0 Å². The van der Waals surface area contributed by atoms with Crippen LogP contribution in [0.25, 0.3) is 0 Å². The molecule has 1 aromatic rings. The Balaban J connectivity index is 2.02. The Morgan fingerprint density at radius 1 is 1.35 bits per heavy atom. The Labute approximate surface area is 101 Å². The zero-order valence-electron chi connectivity index (χ0n) is 9.94. The number of para-hydroxylation sites is 2. The van der Waals surface area contributed by atoms with Crippen LogP contribution in [0, 0.1) is 0 Å². The van der Waals surface area contributed by atoms with Gasteiger partial charge in [-0.25, -0.2) is 0 Å². The van der Waals surface area contributed by atoms with Crippen molar-refractivity contribution in [2.24, 2.45) is 0 Å². The first-order chi connectivity index (χ1) is 8.40. The Bertz CT molecular complexity index is 382. The maximum Gasteiger partial charge on any atom is 0.168 e. The molecule has 0 atom stereocenters. The minimum absolute atomic E-state index is 0.620. The second kappa shape index (κ2) is 6.15. The van der Waals surface area contributed by atoms with Crippen LogP contribution in [0.3, 0.4) is 0 Å². The molecule has 0 amide bonds. The van der Waals surface area contributed by atoms with Gasteiger partial charge in [-0.05, 0) is 19.1 Å². The van der Waals surface area contributed by atoms with Crippen molar-refractivity contribution < 1.29 is 14.2 Å². The molecular weight excluding hydrogens is 218 g/mol. The lowest BCUT2D eigenvalue weighted by Gasteiger charge is -2.17. The second-order valence-corrected chi connectivity index (χ2v) is 3.61. The van der Waals surface area contributed by atoms with Crippen molar-refractivity contribution in [3.05, 3.63) is 36.3 Å². The summed E-state index contributed by atoms with van der Waals surface area (Å²) in [6.07, 6.45) is 1.63. The first kappa shape index (κ1) is 11.8. The molecule has 17 heavy (non-hydrogen) atoms. The maximum absolute atomic E-state index is 5.58. The molecule has 0 saturated carbocycles. The highest BCUT2D eigenvalue weighted by Crippen LogP contribution is 2.26. The fourth-order valence-corrected chi connectivity index (χ4v) is 1.54. The highest BCUT2D eigenvalue weighted by molar-refractivity contribution is 5.40. The van der Waals surface area contributed by atoms with E-state index in [1.54, 1.807) is 6.26 Å². The van der Waals surface area contributed by atoms with E-state index in [0.717, 1.165) is 18.1 Å². The molecule has 0 radical (unpaired) electrons. The standard InChI is InChI=1S/C13H17NO3/c1-2-15-12-5-3-4-6-13(12)17-10-11-9-14-7-8-16-11/h3-6,10,14H,2,7-9H2,1H3. The van der Waals surface area contributed by atoms with Crippen molar-refractivity contribution in [2.75, 3.05) is 26.3 Å². The number of nitrogens with one attached hydrogen (secondary N) is 1. The predicted octanol–water partition coefficient (Wildman–Crippen LogP) is 1.93. The molecule has 0 spiro atoms. The van der Waals surface area contributed by atoms with Gasteiger partial charge >= 0.3 is 0 Å². The number of hydrogen-bond acceptors (Lipinski definition) is 4. The SMILES string of the molecule is CCOc1ccccc1OC=C1CNCCO1. The summed E-state index contributed by atoms with van der Waals surface area (Å²) in [5.74, 6) is 2.26. The topological polar surface area (TPSA) is 39.7 Å². The average molecular weight is 235 g/mol. The molecule has 0 aromatic heterocycles. The monoisotopic (exact) mass is 235 g/mol. The molecule has 0 aliphatic carbocycles. The summed E-state index contributed by atoms with van der Waals surface area (Å²) in [4.78, 5) is 0. The quantitative estimate of drug-likeness (QED) is 0.809. The Morgan fingerprint density at radius 3 is 2.88 bits per heavy atom. The minimum Gasteiger partial charge on any atom is -0.492 e. The third kappa shape index (κ3) is 3.39. The van der Waals surface area contributed by atoms with Crippen LogP contribution in [0.4, 0.5) is 0 Å². The largest absolute Gasteiger partial charge is 0.492 e. The van der Waals surface area contributed by atoms with Crippen molar-refractivity contribution in [2.45, 2.75) is 6.92 Å². The molecule has 1 aliphatic heterocycles. The van der Waals surface area contributed by atoms with Gasteiger partial charge in [0.15, 0.2) is 11.5 Å². The molecule has 92 valence electrons. The molecule has 0 unspecified atom stereocenters. The van der Waals surface area contributed by atoms with Crippen LogP contribution in [0.2, 0.25) is 0 Å². The maximum atomic E-state index is 5.58. The highest BCUT2D eigenvalue weighted by atomic mass is 16.5. The molecule has 2 rings (SSSR count). The summed E-state index contributed by atoms with van der Waals surface area (Å²) in [5, 5.41) is 3.21. The smallest absolute Gasteiger partial charge is 0.168 e. The van der Waals surface area contributed by atoms with Crippen LogP contribution >= 0.6 is 0 Å². The summed E-state index contributed by atoms with van der Waals surface area (Å²) < 4.78 is 16.5. The molecule has 1 saturated heterocycles. The van der Waals surface area contributed by atoms with E-state index in [2.05, 4.69) is 5.32 Å². The molecule has 1 N–H and O–H groups in total. The van der Waals surface area contributed by atoms with Gasteiger partial charge in [0, 0.05) is 6.54 Å². The van der Waals surface area contributed by atoms with Gasteiger partial charge in [0.05, 0.1) is 13.2 Å². The molecule has 4 heteroatoms. The first-order valence-electron chi connectivity index (χ1n) is 5.81. The highest BCUT2D eigenvalue weighted by Gasteiger charge is 2.07. The van der Waals surface area contributed by atoms with Crippen molar-refractivity contribution in [1.82, 2.24) is 5.32 Å². The number of hydrogen-bond donors (Lipinski definition) is 1. The minimum atomic E-state index is 0.620. The summed E-state index contributed by atoms with van der Waals surface area (Å²) in [6.45, 7) is 4.84. The van der Waals surface area contributed by atoms with Gasteiger partial charge < -0.3 is 19.5 Å². The Morgan fingerprint density at radius 2 is 2.18 bits per heavy atom. The van der Waals surface area contributed by atoms with Crippen LogP contribution < -0.4 is 14.8 Å². The lowest BCUT2D eigenvalue weighted by molar-refractivity contribution is 0.168. The normalized spacial score (nSPS) is 17.6. The molecule has 1 fully saturated rings. The van der Waals surface area contributed by atoms with E-state index in [1.807, 2.05) is 31.2 Å². The van der Waals surface area contributed by atoms with Gasteiger partial charge in [0.25, 0.3) is 0 Å². The molecular formula is C13H17NO3. The van der Waals surface area contributed by atoms with E-state index < -0.39 is 0 Å². The van der Waals surface area contributed by atoms with Gasteiger partial charge in [-0.2, -0.15) is 0 Å². The van der Waals surface area contributed by atoms with E-state index in [1.165, 1.54) is 0 Å². The summed E-state index contributed by atoms with van der Waals surface area (Å²) >= 11 is 0. The lowest BCUT2D eigenvalue weighted by atomic mass is 10.3. The van der Waals surface area contributed by atoms with Gasteiger partial charge in [-0.3, -0.25) is 0 Å². The number of morpholine rings is 1. The lowest BCUT2D eigenvalue weighted by Crippen LogP contribution is -2.29. The third-order valence-electron chi connectivity index (χ3n) is 2.33. The van der Waals surface area contributed by atoms with Gasteiger partial charge in [-0.15, -0.1) is 0 Å². The molecule has 1 heterocycles. The molecule has 4 nitrogen and oxygen atoms in total. The predicted molar refractivity (Wildman–Crippen MR) is 65.1 cm³/mol. The van der Waals surface area contributed by atoms with Crippen LogP contribution in [0.1, 0.15) is 6.92 Å².